The van der Waals surface area contributed by atoms with E-state index >= 15 is 0 Å². The smallest absolute Gasteiger partial charge is 0.271 e. The van der Waals surface area contributed by atoms with Crippen molar-refractivity contribution in [3.8, 4) is 17.0 Å². The number of aromatic nitrogens is 1. The van der Waals surface area contributed by atoms with Gasteiger partial charge in [-0.05, 0) is 85.6 Å². The maximum absolute atomic E-state index is 12.7. The summed E-state index contributed by atoms with van der Waals surface area (Å²) in [7, 11) is 0. The average Bonchev–Trinajstić information content (AvgIpc) is 3.48. The van der Waals surface area contributed by atoms with Crippen LogP contribution in [0.15, 0.2) is 95.4 Å². The standard InChI is InChI=1S/C33H27Cl2N5O3S/c1-20-3-4-21(2)28(15-20)38-31(41)18-43-30-14-11-26(35)16-24(30)17-36-40-32(42)23-7-5-22(6-8-23)29-19-44-33(39-29)37-27-12-9-25(34)10-13-27/h3-17,19H,18H2,1-2H3,(H,37,39)(H,38,41)(H,40,42)/b36-17-. The van der Waals surface area contributed by atoms with Crippen LogP contribution in [0, 0.1) is 13.8 Å². The molecular formula is C33H27Cl2N5O3S. The van der Waals surface area contributed by atoms with Gasteiger partial charge in [0, 0.05) is 43.5 Å². The zero-order valence-corrected chi connectivity index (χ0v) is 26.1. The molecule has 0 bridgehead atoms. The van der Waals surface area contributed by atoms with E-state index in [-0.39, 0.29) is 12.5 Å². The van der Waals surface area contributed by atoms with Gasteiger partial charge in [0.1, 0.15) is 5.75 Å². The monoisotopic (exact) mass is 643 g/mol. The number of hydrogen-bond acceptors (Lipinski definition) is 7. The molecule has 0 aliphatic rings. The Morgan fingerprint density at radius 2 is 1.68 bits per heavy atom. The number of halogens is 2. The summed E-state index contributed by atoms with van der Waals surface area (Å²) in [6.07, 6.45) is 1.42. The molecule has 44 heavy (non-hydrogen) atoms. The molecular weight excluding hydrogens is 617 g/mol. The Morgan fingerprint density at radius 1 is 0.932 bits per heavy atom. The first kappa shape index (κ1) is 30.7. The van der Waals surface area contributed by atoms with Crippen LogP contribution in [0.5, 0.6) is 5.75 Å². The highest BCUT2D eigenvalue weighted by Gasteiger charge is 2.11. The summed E-state index contributed by atoms with van der Waals surface area (Å²) in [5.41, 5.74) is 8.70. The number of rotatable bonds is 10. The highest BCUT2D eigenvalue weighted by atomic mass is 35.5. The predicted octanol–water partition coefficient (Wildman–Crippen LogP) is 8.26. The molecule has 5 aromatic rings. The molecule has 11 heteroatoms. The lowest BCUT2D eigenvalue weighted by molar-refractivity contribution is -0.118. The van der Waals surface area contributed by atoms with Crippen LogP contribution in [0.4, 0.5) is 16.5 Å². The maximum atomic E-state index is 12.7. The van der Waals surface area contributed by atoms with E-state index in [1.54, 1.807) is 30.3 Å². The van der Waals surface area contributed by atoms with Crippen molar-refractivity contribution in [2.75, 3.05) is 17.2 Å². The van der Waals surface area contributed by atoms with Crippen molar-refractivity contribution < 1.29 is 14.3 Å². The number of nitrogens with one attached hydrogen (secondary N) is 3. The van der Waals surface area contributed by atoms with E-state index in [2.05, 4.69) is 26.1 Å². The molecule has 0 radical (unpaired) electrons. The highest BCUT2D eigenvalue weighted by molar-refractivity contribution is 7.14. The number of ether oxygens (including phenoxy) is 1. The number of anilines is 3. The molecule has 4 aromatic carbocycles. The van der Waals surface area contributed by atoms with Crippen LogP contribution in [-0.2, 0) is 4.79 Å². The zero-order valence-electron chi connectivity index (χ0n) is 23.7. The normalized spacial score (nSPS) is 10.9. The van der Waals surface area contributed by atoms with Crippen LogP contribution in [0.3, 0.4) is 0 Å². The van der Waals surface area contributed by atoms with Crippen LogP contribution in [0.25, 0.3) is 11.3 Å². The van der Waals surface area contributed by atoms with E-state index in [0.717, 1.165) is 38.9 Å². The summed E-state index contributed by atoms with van der Waals surface area (Å²) < 4.78 is 5.74. The van der Waals surface area contributed by atoms with Gasteiger partial charge in [0.15, 0.2) is 11.7 Å². The van der Waals surface area contributed by atoms with Crippen molar-refractivity contribution >= 4 is 69.1 Å². The van der Waals surface area contributed by atoms with E-state index in [9.17, 15) is 9.59 Å². The molecule has 8 nitrogen and oxygen atoms in total. The van der Waals surface area contributed by atoms with Gasteiger partial charge in [0.05, 0.1) is 11.9 Å². The van der Waals surface area contributed by atoms with Crippen molar-refractivity contribution in [2.45, 2.75) is 13.8 Å². The van der Waals surface area contributed by atoms with Crippen molar-refractivity contribution in [3.63, 3.8) is 0 Å². The van der Waals surface area contributed by atoms with Gasteiger partial charge in [-0.2, -0.15) is 5.10 Å². The van der Waals surface area contributed by atoms with Crippen LogP contribution in [-0.4, -0.2) is 29.6 Å². The summed E-state index contributed by atoms with van der Waals surface area (Å²) in [5.74, 6) is -0.311. The first-order valence-corrected chi connectivity index (χ1v) is 15.1. The molecule has 0 saturated carbocycles. The fourth-order valence-electron chi connectivity index (χ4n) is 4.09. The van der Waals surface area contributed by atoms with Crippen LogP contribution >= 0.6 is 34.5 Å². The van der Waals surface area contributed by atoms with Crippen LogP contribution in [0.1, 0.15) is 27.0 Å². The van der Waals surface area contributed by atoms with Crippen LogP contribution in [0.2, 0.25) is 10.0 Å². The lowest BCUT2D eigenvalue weighted by Gasteiger charge is -2.12. The second kappa shape index (κ2) is 14.2. The van der Waals surface area contributed by atoms with Crippen LogP contribution < -0.4 is 20.8 Å². The summed E-state index contributed by atoms with van der Waals surface area (Å²) in [4.78, 5) is 29.9. The van der Waals surface area contributed by atoms with Crippen molar-refractivity contribution in [1.29, 1.82) is 0 Å². The van der Waals surface area contributed by atoms with Gasteiger partial charge in [-0.25, -0.2) is 10.4 Å². The Hall–Kier alpha value is -4.70. The first-order valence-electron chi connectivity index (χ1n) is 13.4. The van der Waals surface area contributed by atoms with E-state index in [0.29, 0.717) is 26.9 Å². The van der Waals surface area contributed by atoms with Gasteiger partial charge in [-0.3, -0.25) is 9.59 Å². The minimum absolute atomic E-state index is 0.216. The summed E-state index contributed by atoms with van der Waals surface area (Å²) >= 11 is 13.6. The minimum atomic E-state index is -0.395. The molecule has 0 atom stereocenters. The van der Waals surface area contributed by atoms with E-state index in [1.807, 2.05) is 73.8 Å². The minimum Gasteiger partial charge on any atom is -0.483 e. The Morgan fingerprint density at radius 3 is 2.45 bits per heavy atom. The molecule has 5 rings (SSSR count). The number of hydrogen-bond donors (Lipinski definition) is 3. The number of amides is 2. The van der Waals surface area contributed by atoms with Gasteiger partial charge in [-0.1, -0.05) is 47.5 Å². The van der Waals surface area contributed by atoms with Gasteiger partial charge >= 0.3 is 0 Å². The molecule has 0 unspecified atom stereocenters. The third-order valence-electron chi connectivity index (χ3n) is 6.41. The van der Waals surface area contributed by atoms with Crippen molar-refractivity contribution in [2.24, 2.45) is 5.10 Å². The molecule has 222 valence electrons. The van der Waals surface area contributed by atoms with Gasteiger partial charge < -0.3 is 15.4 Å². The van der Waals surface area contributed by atoms with E-state index < -0.39 is 5.91 Å². The maximum Gasteiger partial charge on any atom is 0.271 e. The molecule has 1 aromatic heterocycles. The summed E-state index contributed by atoms with van der Waals surface area (Å²) in [5, 5.41) is 14.0. The number of aryl methyl sites for hydroxylation is 2. The molecule has 0 aliphatic carbocycles. The number of carbonyl (C=O) groups is 2. The number of carbonyl (C=O) groups excluding carboxylic acids is 2. The third-order valence-corrected chi connectivity index (χ3v) is 7.65. The second-order valence-electron chi connectivity index (χ2n) is 9.78. The number of benzene rings is 4. The first-order chi connectivity index (χ1) is 21.2. The Balaban J connectivity index is 1.17. The zero-order chi connectivity index (χ0) is 31.1. The average molecular weight is 645 g/mol. The molecule has 2 amide bonds. The molecule has 0 spiro atoms. The Labute approximate surface area is 268 Å². The Kier molecular flexibility index (Phi) is 9.91. The summed E-state index contributed by atoms with van der Waals surface area (Å²) in [6.45, 7) is 3.66. The quantitative estimate of drug-likeness (QED) is 0.105. The molecule has 3 N–H and O–H groups in total. The summed E-state index contributed by atoms with van der Waals surface area (Å²) in [6, 6.07) is 25.2. The fourth-order valence-corrected chi connectivity index (χ4v) is 5.14. The largest absolute Gasteiger partial charge is 0.483 e. The van der Waals surface area contributed by atoms with Crippen molar-refractivity contribution in [1.82, 2.24) is 10.4 Å². The van der Waals surface area contributed by atoms with E-state index in [1.165, 1.54) is 17.6 Å². The highest BCUT2D eigenvalue weighted by Crippen LogP contribution is 2.28. The predicted molar refractivity (Wildman–Crippen MR) is 179 cm³/mol. The van der Waals surface area contributed by atoms with Gasteiger partial charge in [0.25, 0.3) is 11.8 Å². The molecule has 1 heterocycles. The molecule has 0 aliphatic heterocycles. The third kappa shape index (κ3) is 8.23. The van der Waals surface area contributed by atoms with Gasteiger partial charge in [-0.15, -0.1) is 11.3 Å². The van der Waals surface area contributed by atoms with Crippen molar-refractivity contribution in [3.05, 3.63) is 123 Å². The topological polar surface area (TPSA) is 105 Å². The van der Waals surface area contributed by atoms with Gasteiger partial charge in [0.2, 0.25) is 0 Å². The SMILES string of the molecule is Cc1ccc(C)c(NC(=O)COc2ccc(Cl)cc2/C=N\NC(=O)c2ccc(-c3csc(Nc4ccc(Cl)cc4)n3)cc2)c1. The lowest BCUT2D eigenvalue weighted by atomic mass is 10.1. The fraction of sp³-hybridized carbons (Fsp3) is 0.0909. The lowest BCUT2D eigenvalue weighted by Crippen LogP contribution is -2.21. The Bertz CT molecular complexity index is 1820. The molecule has 0 saturated heterocycles. The number of hydrazone groups is 1. The molecule has 0 fully saturated rings. The second-order valence-corrected chi connectivity index (χ2v) is 11.5. The number of nitrogens with zero attached hydrogens (tertiary/aromatic N) is 2. The number of thiazole rings is 1. The van der Waals surface area contributed by atoms with E-state index in [4.69, 9.17) is 27.9 Å².